The topological polar surface area (TPSA) is 3.24 Å². The lowest BCUT2D eigenvalue weighted by molar-refractivity contribution is 0.660. The molecule has 0 unspecified atom stereocenters. The first-order valence-corrected chi connectivity index (χ1v) is 16.6. The van der Waals surface area contributed by atoms with Crippen LogP contribution in [0.1, 0.15) is 41.7 Å². The molecule has 0 saturated carbocycles. The highest BCUT2D eigenvalue weighted by Gasteiger charge is 2.35. The Morgan fingerprint density at radius 3 is 1.58 bits per heavy atom. The second kappa shape index (κ2) is 12.5. The van der Waals surface area contributed by atoms with Gasteiger partial charge in [0.1, 0.15) is 0 Å². The number of allylic oxidation sites excluding steroid dienone is 3. The summed E-state index contributed by atoms with van der Waals surface area (Å²) in [7, 11) is 0. The van der Waals surface area contributed by atoms with E-state index in [1.807, 2.05) is 0 Å². The highest BCUT2D eigenvalue weighted by atomic mass is 15.1. The maximum atomic E-state index is 4.48. The van der Waals surface area contributed by atoms with Crippen molar-refractivity contribution in [2.45, 2.75) is 33.1 Å². The Morgan fingerprint density at radius 2 is 1.00 bits per heavy atom. The fourth-order valence-corrected chi connectivity index (χ4v) is 6.84. The van der Waals surface area contributed by atoms with Gasteiger partial charge in [0.25, 0.3) is 0 Å². The zero-order chi connectivity index (χ0) is 33.4. The van der Waals surface area contributed by atoms with Crippen LogP contribution in [-0.4, -0.2) is 0 Å². The van der Waals surface area contributed by atoms with Crippen LogP contribution in [0.3, 0.4) is 0 Å². The summed E-state index contributed by atoms with van der Waals surface area (Å²) in [6.07, 6.45) is 4.16. The quantitative estimate of drug-likeness (QED) is 0.153. The molecular weight excluding hydrogens is 579 g/mol. The van der Waals surface area contributed by atoms with E-state index in [1.165, 1.54) is 55.6 Å². The lowest BCUT2D eigenvalue weighted by Crippen LogP contribution is -2.15. The van der Waals surface area contributed by atoms with Crippen molar-refractivity contribution < 1.29 is 0 Å². The number of rotatable bonds is 8. The third-order valence-electron chi connectivity index (χ3n) is 9.72. The molecule has 7 rings (SSSR count). The molecule has 6 aromatic rings. The minimum absolute atomic E-state index is 0.137. The van der Waals surface area contributed by atoms with Crippen molar-refractivity contribution in [1.29, 1.82) is 0 Å². The third-order valence-corrected chi connectivity index (χ3v) is 9.72. The van der Waals surface area contributed by atoms with Crippen molar-refractivity contribution >= 4 is 16.9 Å². The van der Waals surface area contributed by atoms with E-state index in [4.69, 9.17) is 0 Å². The van der Waals surface area contributed by atoms with Gasteiger partial charge in [0, 0.05) is 22.5 Å². The Hall–Kier alpha value is -5.66. The summed E-state index contributed by atoms with van der Waals surface area (Å²) >= 11 is 0. The molecule has 0 spiro atoms. The molecule has 48 heavy (non-hydrogen) atoms. The first-order valence-electron chi connectivity index (χ1n) is 16.6. The van der Waals surface area contributed by atoms with Crippen LogP contribution in [-0.2, 0) is 5.41 Å². The van der Waals surface area contributed by atoms with Gasteiger partial charge in [-0.1, -0.05) is 147 Å². The highest BCUT2D eigenvalue weighted by Crippen LogP contribution is 2.50. The second-order valence-electron chi connectivity index (χ2n) is 13.4. The molecule has 234 valence electrons. The minimum atomic E-state index is -0.137. The minimum Gasteiger partial charge on any atom is -0.311 e. The Balaban J connectivity index is 1.14. The molecule has 0 aromatic heterocycles. The number of aryl methyl sites for hydroxylation is 2. The van der Waals surface area contributed by atoms with Gasteiger partial charge in [-0.25, -0.2) is 0 Å². The number of hydrogen-bond donors (Lipinski definition) is 0. The van der Waals surface area contributed by atoms with Crippen molar-refractivity contribution in [3.63, 3.8) is 0 Å². The predicted octanol–water partition coefficient (Wildman–Crippen LogP) is 12.9. The van der Waals surface area contributed by atoms with E-state index in [-0.39, 0.29) is 5.41 Å². The number of anilines is 2. The second-order valence-corrected chi connectivity index (χ2v) is 13.4. The van der Waals surface area contributed by atoms with E-state index in [0.717, 1.165) is 28.2 Å². The SMILES string of the molecule is C=C(/C=C\C(=C)N(c1ccc(C)cc1)c1ccc(C)cc1)c1ccc2c(c1)C(C)(C)c1cc(-c3ccc(-c4ccccc4)cc3)ccc1-2. The molecule has 0 heterocycles. The molecule has 0 radical (unpaired) electrons. The number of fused-ring (bicyclic) bond motifs is 3. The van der Waals surface area contributed by atoms with Gasteiger partial charge in [-0.2, -0.15) is 0 Å². The molecule has 1 heteroatoms. The van der Waals surface area contributed by atoms with Gasteiger partial charge in [0.15, 0.2) is 0 Å². The van der Waals surface area contributed by atoms with Gasteiger partial charge in [-0.15, -0.1) is 0 Å². The van der Waals surface area contributed by atoms with Crippen LogP contribution in [0.4, 0.5) is 11.4 Å². The smallest absolute Gasteiger partial charge is 0.0461 e. The monoisotopic (exact) mass is 619 g/mol. The molecule has 0 bridgehead atoms. The van der Waals surface area contributed by atoms with Crippen LogP contribution < -0.4 is 4.90 Å². The number of hydrogen-bond acceptors (Lipinski definition) is 1. The normalized spacial score (nSPS) is 12.8. The molecule has 0 fully saturated rings. The van der Waals surface area contributed by atoms with Crippen molar-refractivity contribution in [3.8, 4) is 33.4 Å². The molecule has 1 aliphatic carbocycles. The average Bonchev–Trinajstić information content (AvgIpc) is 3.34. The zero-order valence-corrected chi connectivity index (χ0v) is 28.3. The molecule has 1 nitrogen and oxygen atoms in total. The zero-order valence-electron chi connectivity index (χ0n) is 28.3. The molecule has 1 aliphatic rings. The van der Waals surface area contributed by atoms with Gasteiger partial charge in [-0.3, -0.25) is 0 Å². The summed E-state index contributed by atoms with van der Waals surface area (Å²) < 4.78 is 0. The predicted molar refractivity (Wildman–Crippen MR) is 207 cm³/mol. The summed E-state index contributed by atoms with van der Waals surface area (Å²) in [5.74, 6) is 0. The Morgan fingerprint density at radius 1 is 0.521 bits per heavy atom. The van der Waals surface area contributed by atoms with E-state index in [1.54, 1.807) is 0 Å². The number of nitrogens with zero attached hydrogens (tertiary/aromatic N) is 1. The molecular formula is C47H41N. The van der Waals surface area contributed by atoms with Crippen molar-refractivity contribution in [2.75, 3.05) is 4.90 Å². The Bertz CT molecular complexity index is 2120. The summed E-state index contributed by atoms with van der Waals surface area (Å²) in [5, 5.41) is 0. The molecule has 0 amide bonds. The maximum absolute atomic E-state index is 4.48. The van der Waals surface area contributed by atoms with Crippen molar-refractivity contribution in [2.24, 2.45) is 0 Å². The summed E-state index contributed by atoms with van der Waals surface area (Å²) in [4.78, 5) is 2.19. The van der Waals surface area contributed by atoms with Crippen molar-refractivity contribution in [3.05, 3.63) is 198 Å². The molecule has 6 aromatic carbocycles. The van der Waals surface area contributed by atoms with Crippen LogP contribution in [0.25, 0.3) is 39.0 Å². The third kappa shape index (κ3) is 5.85. The summed E-state index contributed by atoms with van der Waals surface area (Å²) in [5.41, 5.74) is 17.7. The Kier molecular flexibility index (Phi) is 8.07. The lowest BCUT2D eigenvalue weighted by Gasteiger charge is -2.26. The fourth-order valence-electron chi connectivity index (χ4n) is 6.84. The first-order chi connectivity index (χ1) is 23.2. The average molecular weight is 620 g/mol. The van der Waals surface area contributed by atoms with Gasteiger partial charge in [0.05, 0.1) is 0 Å². The van der Waals surface area contributed by atoms with Crippen LogP contribution >= 0.6 is 0 Å². The highest BCUT2D eigenvalue weighted by molar-refractivity contribution is 5.86. The van der Waals surface area contributed by atoms with Gasteiger partial charge in [-0.05, 0) is 112 Å². The number of benzene rings is 6. The van der Waals surface area contributed by atoms with Gasteiger partial charge >= 0.3 is 0 Å². The largest absolute Gasteiger partial charge is 0.311 e. The summed E-state index contributed by atoms with van der Waals surface area (Å²) in [6, 6.07) is 50.4. The van der Waals surface area contributed by atoms with E-state index in [9.17, 15) is 0 Å². The Labute approximate surface area is 285 Å². The standard InChI is InChI=1S/C47H41N/c1-32-12-24-41(25-13-32)48(42-26-14-33(2)15-27-42)35(4)17-16-34(3)39-22-28-43-44-29-23-40(31-46(44)47(5,6)45(43)30-39)38-20-18-37(19-21-38)36-10-8-7-9-11-36/h7-31H,3-4H2,1-2,5-6H3/b17-16-. The molecule has 0 N–H and O–H groups in total. The first kappa shape index (κ1) is 31.0. The van der Waals surface area contributed by atoms with Crippen LogP contribution in [0.5, 0.6) is 0 Å². The van der Waals surface area contributed by atoms with E-state index in [0.29, 0.717) is 0 Å². The van der Waals surface area contributed by atoms with Gasteiger partial charge in [0.2, 0.25) is 0 Å². The molecule has 0 aliphatic heterocycles. The van der Waals surface area contributed by atoms with Crippen LogP contribution in [0.2, 0.25) is 0 Å². The van der Waals surface area contributed by atoms with Crippen LogP contribution in [0.15, 0.2) is 171 Å². The van der Waals surface area contributed by atoms with E-state index >= 15 is 0 Å². The molecule has 0 saturated heterocycles. The maximum Gasteiger partial charge on any atom is 0.0461 e. The fraction of sp³-hybridized carbons (Fsp3) is 0.106. The molecule has 0 atom stereocenters. The van der Waals surface area contributed by atoms with E-state index in [2.05, 4.69) is 197 Å². The summed E-state index contributed by atoms with van der Waals surface area (Å²) in [6.45, 7) is 17.9. The van der Waals surface area contributed by atoms with Crippen molar-refractivity contribution in [1.82, 2.24) is 0 Å². The van der Waals surface area contributed by atoms with E-state index < -0.39 is 0 Å². The van der Waals surface area contributed by atoms with Gasteiger partial charge < -0.3 is 4.90 Å². The van der Waals surface area contributed by atoms with Crippen LogP contribution in [0, 0.1) is 13.8 Å². The lowest BCUT2D eigenvalue weighted by atomic mass is 9.81.